The molecule has 7 heteroatoms. The quantitative estimate of drug-likeness (QED) is 0.640. The Kier molecular flexibility index (Phi) is 3.70. The number of halogens is 2. The number of carbonyl (C=O) groups is 1. The summed E-state index contributed by atoms with van der Waals surface area (Å²) >= 11 is 1.92. The lowest BCUT2D eigenvalue weighted by Gasteiger charge is -2.33. The molecule has 1 aliphatic carbocycles. The van der Waals surface area contributed by atoms with Gasteiger partial charge < -0.3 is 4.52 Å². The summed E-state index contributed by atoms with van der Waals surface area (Å²) in [6.07, 6.45) is 1.97. The number of hydrogen-bond acceptors (Lipinski definition) is 4. The maximum atomic E-state index is 13.7. The number of carbonyl (C=O) groups excluding carboxylic acids is 1. The number of Topliss-reactive ketones (excluding diaryl/α,β-unsaturated/α-hetero) is 1. The number of aliphatic imine (C=N–C) groups is 1. The molecule has 2 unspecified atom stereocenters. The SMILES string of the molecule is Cn1oc(=O)c2c1N=C1CCCC(=O)C1C2c1ccc(F)c(I)c1. The summed E-state index contributed by atoms with van der Waals surface area (Å²) in [5.74, 6) is -0.701. The fourth-order valence-corrected chi connectivity index (χ4v) is 4.23. The van der Waals surface area contributed by atoms with Crippen molar-refractivity contribution in [2.24, 2.45) is 18.0 Å². The lowest BCUT2D eigenvalue weighted by atomic mass is 9.70. The molecule has 0 bridgehead atoms. The van der Waals surface area contributed by atoms with Crippen LogP contribution in [0.15, 0.2) is 32.5 Å². The third kappa shape index (κ3) is 2.28. The third-order valence-electron chi connectivity index (χ3n) is 4.74. The predicted octanol–water partition coefficient (Wildman–Crippen LogP) is 3.31. The van der Waals surface area contributed by atoms with Crippen LogP contribution in [0.1, 0.15) is 36.3 Å². The highest BCUT2D eigenvalue weighted by atomic mass is 127. The highest BCUT2D eigenvalue weighted by Gasteiger charge is 2.44. The van der Waals surface area contributed by atoms with Crippen LogP contribution in [0.25, 0.3) is 0 Å². The summed E-state index contributed by atoms with van der Waals surface area (Å²) in [6, 6.07) is 4.71. The van der Waals surface area contributed by atoms with E-state index in [2.05, 4.69) is 4.99 Å². The fourth-order valence-electron chi connectivity index (χ4n) is 3.69. The van der Waals surface area contributed by atoms with Crippen molar-refractivity contribution in [3.8, 4) is 0 Å². The molecule has 0 N–H and O–H groups in total. The molecule has 1 aliphatic heterocycles. The van der Waals surface area contributed by atoms with Gasteiger partial charge in [0.25, 0.3) is 0 Å². The zero-order chi connectivity index (χ0) is 17.0. The van der Waals surface area contributed by atoms with Crippen LogP contribution in [-0.4, -0.2) is 16.2 Å². The Morgan fingerprint density at radius 2 is 2.08 bits per heavy atom. The second-order valence-electron chi connectivity index (χ2n) is 6.17. The van der Waals surface area contributed by atoms with Crippen LogP contribution in [0.4, 0.5) is 10.2 Å². The van der Waals surface area contributed by atoms with Gasteiger partial charge in [-0.15, -0.1) is 0 Å². The van der Waals surface area contributed by atoms with E-state index in [0.29, 0.717) is 21.4 Å². The summed E-state index contributed by atoms with van der Waals surface area (Å²) in [6.45, 7) is 0. The molecule has 2 aliphatic rings. The van der Waals surface area contributed by atoms with Gasteiger partial charge in [0.1, 0.15) is 11.6 Å². The van der Waals surface area contributed by atoms with Gasteiger partial charge >= 0.3 is 5.63 Å². The highest BCUT2D eigenvalue weighted by Crippen LogP contribution is 2.44. The minimum atomic E-state index is -0.488. The van der Waals surface area contributed by atoms with Crippen molar-refractivity contribution in [3.05, 3.63) is 49.1 Å². The first kappa shape index (κ1) is 15.7. The summed E-state index contributed by atoms with van der Waals surface area (Å²) in [5.41, 5.74) is 1.44. The highest BCUT2D eigenvalue weighted by molar-refractivity contribution is 14.1. The van der Waals surface area contributed by atoms with Gasteiger partial charge in [-0.25, -0.2) is 14.2 Å². The Labute approximate surface area is 150 Å². The molecule has 0 radical (unpaired) electrons. The van der Waals surface area contributed by atoms with E-state index in [1.54, 1.807) is 19.2 Å². The van der Waals surface area contributed by atoms with E-state index < -0.39 is 17.5 Å². The smallest absolute Gasteiger partial charge is 0.334 e. The van der Waals surface area contributed by atoms with Crippen molar-refractivity contribution >= 4 is 39.9 Å². The van der Waals surface area contributed by atoms with E-state index in [0.717, 1.165) is 24.1 Å². The maximum absolute atomic E-state index is 13.7. The molecule has 2 heterocycles. The number of benzene rings is 1. The van der Waals surface area contributed by atoms with Gasteiger partial charge in [0.15, 0.2) is 5.82 Å². The van der Waals surface area contributed by atoms with Crippen LogP contribution in [-0.2, 0) is 11.8 Å². The first-order valence-electron chi connectivity index (χ1n) is 7.72. The van der Waals surface area contributed by atoms with Crippen LogP contribution >= 0.6 is 22.6 Å². The summed E-state index contributed by atoms with van der Waals surface area (Å²) in [7, 11) is 1.63. The van der Waals surface area contributed by atoms with Crippen LogP contribution in [0.2, 0.25) is 0 Å². The van der Waals surface area contributed by atoms with Crippen molar-refractivity contribution in [1.82, 2.24) is 4.74 Å². The van der Waals surface area contributed by atoms with Gasteiger partial charge in [-0.05, 0) is 53.1 Å². The van der Waals surface area contributed by atoms with Crippen molar-refractivity contribution in [3.63, 3.8) is 0 Å². The van der Waals surface area contributed by atoms with Gasteiger partial charge in [0.2, 0.25) is 0 Å². The number of aryl methyl sites for hydroxylation is 1. The Morgan fingerprint density at radius 3 is 2.83 bits per heavy atom. The summed E-state index contributed by atoms with van der Waals surface area (Å²) in [4.78, 5) is 29.5. The van der Waals surface area contributed by atoms with Crippen LogP contribution in [0, 0.1) is 15.3 Å². The molecule has 1 aromatic carbocycles. The average molecular weight is 440 g/mol. The number of fused-ring (bicyclic) bond motifs is 2. The van der Waals surface area contributed by atoms with Crippen molar-refractivity contribution in [2.75, 3.05) is 0 Å². The standard InChI is InChI=1S/C17H14FIN2O3/c1-21-16-15(17(23)24-21)13(8-5-6-9(18)10(19)7-8)14-11(20-16)3-2-4-12(14)22/h5-7,13-14H,2-4H2,1H3. The van der Waals surface area contributed by atoms with E-state index in [4.69, 9.17) is 4.52 Å². The van der Waals surface area contributed by atoms with Crippen LogP contribution in [0.5, 0.6) is 0 Å². The zero-order valence-electron chi connectivity index (χ0n) is 12.9. The van der Waals surface area contributed by atoms with E-state index in [1.807, 2.05) is 22.6 Å². The molecule has 2 aromatic rings. The molecule has 0 amide bonds. The van der Waals surface area contributed by atoms with E-state index in [-0.39, 0.29) is 11.6 Å². The minimum Gasteiger partial charge on any atom is -0.334 e. The topological polar surface area (TPSA) is 64.6 Å². The molecule has 2 atom stereocenters. The monoisotopic (exact) mass is 440 g/mol. The first-order valence-corrected chi connectivity index (χ1v) is 8.80. The Bertz CT molecular complexity index is 944. The molecule has 5 nitrogen and oxygen atoms in total. The average Bonchev–Trinajstić information content (AvgIpc) is 2.83. The Balaban J connectivity index is 1.98. The normalized spacial score (nSPS) is 22.8. The number of ketones is 1. The second kappa shape index (κ2) is 5.65. The van der Waals surface area contributed by atoms with Crippen molar-refractivity contribution < 1.29 is 13.7 Å². The number of rotatable bonds is 1. The molecular formula is C17H14FIN2O3. The van der Waals surface area contributed by atoms with Gasteiger partial charge in [0, 0.05) is 28.7 Å². The number of aromatic nitrogens is 1. The largest absolute Gasteiger partial charge is 0.363 e. The zero-order valence-corrected chi connectivity index (χ0v) is 15.0. The molecule has 4 rings (SSSR count). The molecule has 1 saturated carbocycles. The third-order valence-corrected chi connectivity index (χ3v) is 5.56. The molecule has 0 saturated heterocycles. The van der Waals surface area contributed by atoms with E-state index >= 15 is 0 Å². The van der Waals surface area contributed by atoms with Gasteiger partial charge in [-0.3, -0.25) is 4.79 Å². The summed E-state index contributed by atoms with van der Waals surface area (Å²) < 4.78 is 20.7. The summed E-state index contributed by atoms with van der Waals surface area (Å²) in [5, 5.41) is 0. The lowest BCUT2D eigenvalue weighted by molar-refractivity contribution is -0.121. The van der Waals surface area contributed by atoms with Gasteiger partial charge in [-0.1, -0.05) is 6.07 Å². The number of nitrogens with zero attached hydrogens (tertiary/aromatic N) is 2. The van der Waals surface area contributed by atoms with Gasteiger partial charge in [-0.2, -0.15) is 4.74 Å². The second-order valence-corrected chi connectivity index (χ2v) is 7.33. The number of hydrogen-bond donors (Lipinski definition) is 0. The maximum Gasteiger partial charge on any atom is 0.363 e. The van der Waals surface area contributed by atoms with Crippen molar-refractivity contribution in [2.45, 2.75) is 25.2 Å². The molecule has 124 valence electrons. The predicted molar refractivity (Wildman–Crippen MR) is 94.4 cm³/mol. The molecule has 24 heavy (non-hydrogen) atoms. The fraction of sp³-hybridized carbons (Fsp3) is 0.353. The first-order chi connectivity index (χ1) is 11.5. The van der Waals surface area contributed by atoms with E-state index in [1.165, 1.54) is 10.8 Å². The van der Waals surface area contributed by atoms with Crippen LogP contribution in [0.3, 0.4) is 0 Å². The molecule has 0 spiro atoms. The Morgan fingerprint density at radius 1 is 1.29 bits per heavy atom. The Hall–Kier alpha value is -1.77. The van der Waals surface area contributed by atoms with Crippen LogP contribution < -0.4 is 5.63 Å². The van der Waals surface area contributed by atoms with E-state index in [9.17, 15) is 14.0 Å². The van der Waals surface area contributed by atoms with Gasteiger partial charge in [0.05, 0.1) is 11.5 Å². The molecule has 1 aromatic heterocycles. The lowest BCUT2D eigenvalue weighted by Crippen LogP contribution is -2.37. The minimum absolute atomic E-state index is 0.0817. The molecule has 1 fully saturated rings. The molecular weight excluding hydrogens is 426 g/mol. The van der Waals surface area contributed by atoms with Crippen molar-refractivity contribution in [1.29, 1.82) is 0 Å².